The van der Waals surface area contributed by atoms with Crippen molar-refractivity contribution in [3.05, 3.63) is 71.8 Å². The van der Waals surface area contributed by atoms with E-state index < -0.39 is 17.2 Å². The molecule has 0 heterocycles. The molecule has 0 saturated carbocycles. The minimum absolute atomic E-state index is 0.266. The molecule has 0 fully saturated rings. The highest BCUT2D eigenvalue weighted by atomic mass is 16.5. The monoisotopic (exact) mass is 374 g/mol. The molecule has 6 heteroatoms. The number of anilines is 1. The lowest BCUT2D eigenvalue weighted by atomic mass is 10.1. The van der Waals surface area contributed by atoms with Crippen LogP contribution in [0, 0.1) is 11.3 Å². The van der Waals surface area contributed by atoms with Crippen LogP contribution >= 0.6 is 0 Å². The zero-order chi connectivity index (χ0) is 20.1. The summed E-state index contributed by atoms with van der Waals surface area (Å²) in [5.74, 6) is -0.302. The van der Waals surface area contributed by atoms with Gasteiger partial charge in [-0.25, -0.2) is 0 Å². The van der Waals surface area contributed by atoms with Crippen LogP contribution in [-0.4, -0.2) is 25.2 Å². The van der Waals surface area contributed by atoms with E-state index in [4.69, 9.17) is 9.47 Å². The van der Waals surface area contributed by atoms with Crippen molar-refractivity contribution in [2.45, 2.75) is 0 Å². The Labute approximate surface area is 162 Å². The van der Waals surface area contributed by atoms with Crippen molar-refractivity contribution in [3.8, 4) is 17.6 Å². The summed E-state index contributed by atoms with van der Waals surface area (Å²) in [7, 11) is 2.95. The second kappa shape index (κ2) is 8.14. The number of hydrogen-bond donors (Lipinski definition) is 2. The van der Waals surface area contributed by atoms with Crippen LogP contribution in [0.3, 0.4) is 0 Å². The SMILES string of the molecule is COc1ccc(/C(O)=C(\C#N)C(=O)Nc2cccc3ccccc23)cc1OC. The summed E-state index contributed by atoms with van der Waals surface area (Å²) in [4.78, 5) is 12.7. The van der Waals surface area contributed by atoms with Crippen LogP contribution in [0.15, 0.2) is 66.2 Å². The Morgan fingerprint density at radius 3 is 2.43 bits per heavy atom. The molecular formula is C22H18N2O4. The summed E-state index contributed by atoms with van der Waals surface area (Å²) in [6, 6.07) is 19.4. The molecule has 0 bridgehead atoms. The van der Waals surface area contributed by atoms with E-state index in [1.54, 1.807) is 24.3 Å². The van der Waals surface area contributed by atoms with Gasteiger partial charge >= 0.3 is 0 Å². The fourth-order valence-corrected chi connectivity index (χ4v) is 2.86. The Balaban J connectivity index is 1.98. The van der Waals surface area contributed by atoms with Crippen LogP contribution in [0.25, 0.3) is 16.5 Å². The molecule has 0 saturated heterocycles. The Morgan fingerprint density at radius 1 is 1.00 bits per heavy atom. The fourth-order valence-electron chi connectivity index (χ4n) is 2.86. The number of fused-ring (bicyclic) bond motifs is 1. The van der Waals surface area contributed by atoms with Gasteiger partial charge in [0.05, 0.1) is 14.2 Å². The molecule has 0 aliphatic heterocycles. The summed E-state index contributed by atoms with van der Waals surface area (Å²) in [6.45, 7) is 0. The maximum Gasteiger partial charge on any atom is 0.270 e. The number of nitriles is 1. The first-order chi connectivity index (χ1) is 13.6. The van der Waals surface area contributed by atoms with Crippen molar-refractivity contribution >= 4 is 28.1 Å². The summed E-state index contributed by atoms with van der Waals surface area (Å²) < 4.78 is 10.4. The van der Waals surface area contributed by atoms with Crippen LogP contribution in [0.4, 0.5) is 5.69 Å². The summed E-state index contributed by atoms with van der Waals surface area (Å²) in [5, 5.41) is 24.5. The Kier molecular flexibility index (Phi) is 5.47. The predicted molar refractivity (Wildman–Crippen MR) is 107 cm³/mol. The maximum atomic E-state index is 12.7. The third kappa shape index (κ3) is 3.60. The molecule has 0 unspecified atom stereocenters. The van der Waals surface area contributed by atoms with Crippen LogP contribution in [0.5, 0.6) is 11.5 Å². The first-order valence-corrected chi connectivity index (χ1v) is 8.44. The number of aliphatic hydroxyl groups excluding tert-OH is 1. The molecule has 0 aromatic heterocycles. The van der Waals surface area contributed by atoms with E-state index in [1.807, 2.05) is 36.4 Å². The van der Waals surface area contributed by atoms with Gasteiger partial charge in [-0.15, -0.1) is 0 Å². The first-order valence-electron chi connectivity index (χ1n) is 8.44. The zero-order valence-corrected chi connectivity index (χ0v) is 15.4. The topological polar surface area (TPSA) is 91.6 Å². The smallest absolute Gasteiger partial charge is 0.270 e. The molecule has 0 aliphatic carbocycles. The van der Waals surface area contributed by atoms with E-state index in [0.29, 0.717) is 17.2 Å². The molecule has 0 radical (unpaired) electrons. The van der Waals surface area contributed by atoms with E-state index in [2.05, 4.69) is 5.32 Å². The van der Waals surface area contributed by atoms with Crippen LogP contribution in [-0.2, 0) is 4.79 Å². The summed E-state index contributed by atoms with van der Waals surface area (Å²) in [6.07, 6.45) is 0. The molecular weight excluding hydrogens is 356 g/mol. The summed E-state index contributed by atoms with van der Waals surface area (Å²) in [5.41, 5.74) is 0.415. The number of methoxy groups -OCH3 is 2. The lowest BCUT2D eigenvalue weighted by molar-refractivity contribution is -0.112. The van der Waals surface area contributed by atoms with E-state index in [-0.39, 0.29) is 5.56 Å². The number of carbonyl (C=O) groups excluding carboxylic acids is 1. The average molecular weight is 374 g/mol. The van der Waals surface area contributed by atoms with Gasteiger partial charge in [0.15, 0.2) is 17.1 Å². The van der Waals surface area contributed by atoms with Gasteiger partial charge in [-0.3, -0.25) is 4.79 Å². The molecule has 0 aliphatic rings. The number of aliphatic hydroxyl groups is 1. The zero-order valence-electron chi connectivity index (χ0n) is 15.4. The number of ether oxygens (including phenoxy) is 2. The fraction of sp³-hybridized carbons (Fsp3) is 0.0909. The predicted octanol–water partition coefficient (Wildman–Crippen LogP) is 4.29. The second-order valence-corrected chi connectivity index (χ2v) is 5.89. The van der Waals surface area contributed by atoms with Crippen LogP contribution in [0.1, 0.15) is 5.56 Å². The highest BCUT2D eigenvalue weighted by Gasteiger charge is 2.19. The number of carbonyl (C=O) groups is 1. The molecule has 0 atom stereocenters. The molecule has 140 valence electrons. The Morgan fingerprint density at radius 2 is 1.71 bits per heavy atom. The second-order valence-electron chi connectivity index (χ2n) is 5.89. The normalized spacial score (nSPS) is 11.3. The van der Waals surface area contributed by atoms with Gasteiger partial charge in [0.25, 0.3) is 5.91 Å². The van der Waals surface area contributed by atoms with E-state index in [1.165, 1.54) is 20.3 Å². The van der Waals surface area contributed by atoms with E-state index in [9.17, 15) is 15.2 Å². The number of rotatable bonds is 5. The van der Waals surface area contributed by atoms with Crippen molar-refractivity contribution in [1.29, 1.82) is 5.26 Å². The van der Waals surface area contributed by atoms with Gasteiger partial charge in [0.2, 0.25) is 0 Å². The molecule has 3 rings (SSSR count). The van der Waals surface area contributed by atoms with Crippen molar-refractivity contribution in [1.82, 2.24) is 0 Å². The Hall–Kier alpha value is -3.98. The van der Waals surface area contributed by atoms with Crippen molar-refractivity contribution in [3.63, 3.8) is 0 Å². The molecule has 1 amide bonds. The average Bonchev–Trinajstić information content (AvgIpc) is 2.73. The highest BCUT2D eigenvalue weighted by molar-refractivity contribution is 6.13. The first kappa shape index (κ1) is 18.8. The number of hydrogen-bond acceptors (Lipinski definition) is 5. The maximum absolute atomic E-state index is 12.7. The minimum Gasteiger partial charge on any atom is -0.506 e. The van der Waals surface area contributed by atoms with Gasteiger partial charge in [-0.2, -0.15) is 5.26 Å². The minimum atomic E-state index is -0.703. The van der Waals surface area contributed by atoms with Gasteiger partial charge in [-0.1, -0.05) is 36.4 Å². The van der Waals surface area contributed by atoms with Crippen LogP contribution < -0.4 is 14.8 Å². The summed E-state index contributed by atoms with van der Waals surface area (Å²) >= 11 is 0. The molecule has 3 aromatic carbocycles. The molecule has 28 heavy (non-hydrogen) atoms. The molecule has 6 nitrogen and oxygen atoms in total. The van der Waals surface area contributed by atoms with Crippen LogP contribution in [0.2, 0.25) is 0 Å². The van der Waals surface area contributed by atoms with Crippen molar-refractivity contribution in [2.75, 3.05) is 19.5 Å². The van der Waals surface area contributed by atoms with Gasteiger partial charge < -0.3 is 19.9 Å². The number of amides is 1. The Bertz CT molecular complexity index is 1110. The van der Waals surface area contributed by atoms with Crippen molar-refractivity contribution < 1.29 is 19.4 Å². The molecule has 2 N–H and O–H groups in total. The third-order valence-corrected chi connectivity index (χ3v) is 4.27. The van der Waals surface area contributed by atoms with Gasteiger partial charge in [0.1, 0.15) is 11.8 Å². The van der Waals surface area contributed by atoms with Gasteiger partial charge in [0, 0.05) is 16.6 Å². The number of nitrogens with one attached hydrogen (secondary N) is 1. The highest BCUT2D eigenvalue weighted by Crippen LogP contribution is 2.31. The van der Waals surface area contributed by atoms with E-state index >= 15 is 0 Å². The molecule has 0 spiro atoms. The number of nitrogens with zero attached hydrogens (tertiary/aromatic N) is 1. The lowest BCUT2D eigenvalue weighted by Gasteiger charge is -2.11. The lowest BCUT2D eigenvalue weighted by Crippen LogP contribution is -2.15. The van der Waals surface area contributed by atoms with E-state index in [0.717, 1.165) is 10.8 Å². The molecule has 3 aromatic rings. The standard InChI is InChI=1S/C22H18N2O4/c1-27-19-11-10-15(12-20(19)28-2)21(25)17(13-23)22(26)24-18-9-5-7-14-6-3-4-8-16(14)18/h3-12,25H,1-2H3,(H,24,26)/b21-17-. The number of benzene rings is 3. The quantitative estimate of drug-likeness (QED) is 0.395. The van der Waals surface area contributed by atoms with Gasteiger partial charge in [-0.05, 0) is 29.7 Å². The third-order valence-electron chi connectivity index (χ3n) is 4.27. The van der Waals surface area contributed by atoms with Crippen molar-refractivity contribution in [2.24, 2.45) is 0 Å². The largest absolute Gasteiger partial charge is 0.506 e.